The van der Waals surface area contributed by atoms with Gasteiger partial charge < -0.3 is 20.7 Å². The number of alkyl halides is 3. The number of hydrogen-bond acceptors (Lipinski definition) is 4. The van der Waals surface area contributed by atoms with Crippen molar-refractivity contribution in [2.24, 2.45) is 5.92 Å². The van der Waals surface area contributed by atoms with Crippen LogP contribution >= 0.6 is 11.6 Å². The number of anilines is 1. The Morgan fingerprint density at radius 3 is 2.53 bits per heavy atom. The van der Waals surface area contributed by atoms with Gasteiger partial charge in [0.1, 0.15) is 11.4 Å². The molecule has 10 heteroatoms. The number of urea groups is 1. The number of hydrogen-bond donors (Lipinski definition) is 3. The van der Waals surface area contributed by atoms with Crippen LogP contribution < -0.4 is 20.7 Å². The zero-order chi connectivity index (χ0) is 25.7. The summed E-state index contributed by atoms with van der Waals surface area (Å²) in [7, 11) is 1.53. The number of pyridine rings is 1. The Morgan fingerprint density at radius 1 is 1.14 bits per heavy atom. The number of carbonyl (C=O) groups is 1. The number of nitrogens with zero attached hydrogens (tertiary/aromatic N) is 1. The average Bonchev–Trinajstić information content (AvgIpc) is 2.87. The second-order valence-corrected chi connectivity index (χ2v) is 8.99. The van der Waals surface area contributed by atoms with Crippen LogP contribution in [0.3, 0.4) is 0 Å². The van der Waals surface area contributed by atoms with E-state index in [1.807, 2.05) is 0 Å². The van der Waals surface area contributed by atoms with Crippen molar-refractivity contribution in [1.29, 1.82) is 0 Å². The number of nitrogens with one attached hydrogen (secondary N) is 3. The van der Waals surface area contributed by atoms with E-state index >= 15 is 0 Å². The van der Waals surface area contributed by atoms with Gasteiger partial charge in [-0.25, -0.2) is 4.79 Å². The fourth-order valence-electron chi connectivity index (χ4n) is 4.65. The number of halogens is 4. The predicted octanol–water partition coefficient (Wildman–Crippen LogP) is 5.69. The van der Waals surface area contributed by atoms with E-state index in [0.29, 0.717) is 41.5 Å². The first-order chi connectivity index (χ1) is 17.3. The zero-order valence-corrected chi connectivity index (χ0v) is 20.2. The smallest absolute Gasteiger partial charge is 0.433 e. The van der Waals surface area contributed by atoms with Crippen molar-refractivity contribution in [3.8, 4) is 5.75 Å². The van der Waals surface area contributed by atoms with Gasteiger partial charge in [0.05, 0.1) is 7.11 Å². The summed E-state index contributed by atoms with van der Waals surface area (Å²) in [5, 5.41) is 9.57. The maximum atomic E-state index is 14.0. The summed E-state index contributed by atoms with van der Waals surface area (Å²) in [6, 6.07) is 15.8. The Bertz CT molecular complexity index is 1170. The summed E-state index contributed by atoms with van der Waals surface area (Å²) in [5.74, 6) is -0.471. The lowest BCUT2D eigenvalue weighted by Crippen LogP contribution is -2.52. The molecule has 36 heavy (non-hydrogen) atoms. The van der Waals surface area contributed by atoms with E-state index in [1.54, 1.807) is 48.5 Å². The molecule has 3 atom stereocenters. The maximum absolute atomic E-state index is 14.0. The van der Waals surface area contributed by atoms with Crippen LogP contribution in [0.25, 0.3) is 0 Å². The topological polar surface area (TPSA) is 75.3 Å². The number of amides is 2. The van der Waals surface area contributed by atoms with Gasteiger partial charge in [0.25, 0.3) is 0 Å². The molecule has 4 rings (SSSR count). The van der Waals surface area contributed by atoms with Crippen LogP contribution in [0.2, 0.25) is 5.02 Å². The first-order valence-electron chi connectivity index (χ1n) is 11.5. The molecule has 1 fully saturated rings. The Balaban J connectivity index is 1.68. The number of carbonyl (C=O) groups excluding carboxylic acids is 1. The van der Waals surface area contributed by atoms with E-state index in [9.17, 15) is 18.0 Å². The van der Waals surface area contributed by atoms with Crippen LogP contribution in [0, 0.1) is 5.92 Å². The lowest BCUT2D eigenvalue weighted by atomic mass is 9.74. The first kappa shape index (κ1) is 25.8. The predicted molar refractivity (Wildman–Crippen MR) is 132 cm³/mol. The third-order valence-corrected chi connectivity index (χ3v) is 6.55. The normalized spacial score (nSPS) is 18.8. The van der Waals surface area contributed by atoms with E-state index in [4.69, 9.17) is 16.3 Å². The van der Waals surface area contributed by atoms with Gasteiger partial charge >= 0.3 is 12.2 Å². The third kappa shape index (κ3) is 6.09. The van der Waals surface area contributed by atoms with Crippen LogP contribution in [0.15, 0.2) is 66.9 Å². The van der Waals surface area contributed by atoms with Gasteiger partial charge in [-0.2, -0.15) is 13.2 Å². The molecule has 0 saturated carbocycles. The molecule has 1 aliphatic heterocycles. The van der Waals surface area contributed by atoms with Gasteiger partial charge in [0, 0.05) is 41.3 Å². The molecule has 1 aromatic heterocycles. The summed E-state index contributed by atoms with van der Waals surface area (Å²) < 4.78 is 47.2. The van der Waals surface area contributed by atoms with Crippen LogP contribution in [0.5, 0.6) is 5.75 Å². The minimum atomic E-state index is -4.63. The highest BCUT2D eigenvalue weighted by Gasteiger charge is 2.42. The highest BCUT2D eigenvalue weighted by atomic mass is 35.5. The largest absolute Gasteiger partial charge is 0.497 e. The number of methoxy groups -OCH3 is 1. The molecule has 3 aromatic rings. The molecular weight excluding hydrogens is 493 g/mol. The highest BCUT2D eigenvalue weighted by Crippen LogP contribution is 2.42. The van der Waals surface area contributed by atoms with Crippen molar-refractivity contribution < 1.29 is 22.7 Å². The van der Waals surface area contributed by atoms with Crippen molar-refractivity contribution >= 4 is 23.3 Å². The Labute approximate surface area is 212 Å². The molecule has 0 aliphatic carbocycles. The number of rotatable bonds is 6. The summed E-state index contributed by atoms with van der Waals surface area (Å²) in [6.45, 7) is 1.03. The molecule has 0 bridgehead atoms. The van der Waals surface area contributed by atoms with Crippen LogP contribution in [0.4, 0.5) is 23.7 Å². The fraction of sp³-hybridized carbons (Fsp3) is 0.308. The Kier molecular flexibility index (Phi) is 8.01. The van der Waals surface area contributed by atoms with E-state index < -0.39 is 29.9 Å². The fourth-order valence-corrected chi connectivity index (χ4v) is 4.78. The highest BCUT2D eigenvalue weighted by molar-refractivity contribution is 6.30. The van der Waals surface area contributed by atoms with Crippen LogP contribution in [-0.2, 0) is 6.18 Å². The second-order valence-electron chi connectivity index (χ2n) is 8.56. The molecule has 6 nitrogen and oxygen atoms in total. The summed E-state index contributed by atoms with van der Waals surface area (Å²) in [4.78, 5) is 16.5. The van der Waals surface area contributed by atoms with Crippen LogP contribution in [0.1, 0.15) is 29.2 Å². The average molecular weight is 519 g/mol. The SMILES string of the molecule is COc1ccc(C(c2cccnc2C(F)(F)F)C2CNCCC2NC(=O)Nc2ccc(Cl)cc2)cc1. The molecule has 3 N–H and O–H groups in total. The molecule has 2 heterocycles. The van der Waals surface area contributed by atoms with Crippen LogP contribution in [-0.4, -0.2) is 37.3 Å². The first-order valence-corrected chi connectivity index (χ1v) is 11.8. The van der Waals surface area contributed by atoms with Gasteiger partial charge in [-0.3, -0.25) is 4.98 Å². The van der Waals surface area contributed by atoms with Crippen molar-refractivity contribution in [3.63, 3.8) is 0 Å². The van der Waals surface area contributed by atoms with Gasteiger partial charge in [0.15, 0.2) is 0 Å². The van der Waals surface area contributed by atoms with Crippen molar-refractivity contribution in [1.82, 2.24) is 15.6 Å². The summed E-state index contributed by atoms with van der Waals surface area (Å²) >= 11 is 5.91. The number of ether oxygens (including phenoxy) is 1. The summed E-state index contributed by atoms with van der Waals surface area (Å²) in [5.41, 5.74) is 0.364. The van der Waals surface area contributed by atoms with Gasteiger partial charge in [-0.1, -0.05) is 29.8 Å². The Hall–Kier alpha value is -3.30. The monoisotopic (exact) mass is 518 g/mol. The van der Waals surface area contributed by atoms with Gasteiger partial charge in [-0.05, 0) is 66.6 Å². The zero-order valence-electron chi connectivity index (χ0n) is 19.5. The van der Waals surface area contributed by atoms with E-state index in [0.717, 1.165) is 6.20 Å². The van der Waals surface area contributed by atoms with E-state index in [-0.39, 0.29) is 11.5 Å². The minimum Gasteiger partial charge on any atom is -0.497 e. The maximum Gasteiger partial charge on any atom is 0.433 e. The molecule has 190 valence electrons. The number of aromatic nitrogens is 1. The standard InChI is InChI=1S/C26H26ClF3N4O2/c1-36-19-10-4-16(5-11-19)23(20-3-2-13-32-24(20)26(28,29)30)21-15-31-14-12-22(21)34-25(35)33-18-8-6-17(27)7-9-18/h2-11,13,21-23,31H,12,14-15H2,1H3,(H2,33,34,35). The molecule has 2 amide bonds. The summed E-state index contributed by atoms with van der Waals surface area (Å²) in [6.07, 6.45) is -2.93. The van der Waals surface area contributed by atoms with Crippen molar-refractivity contribution in [3.05, 3.63) is 88.7 Å². The lowest BCUT2D eigenvalue weighted by molar-refractivity contribution is -0.142. The lowest BCUT2D eigenvalue weighted by Gasteiger charge is -2.39. The van der Waals surface area contributed by atoms with Gasteiger partial charge in [0.2, 0.25) is 0 Å². The Morgan fingerprint density at radius 2 is 1.86 bits per heavy atom. The molecular formula is C26H26ClF3N4O2. The number of piperidine rings is 1. The third-order valence-electron chi connectivity index (χ3n) is 6.29. The second kappa shape index (κ2) is 11.2. The van der Waals surface area contributed by atoms with E-state index in [2.05, 4.69) is 20.9 Å². The van der Waals surface area contributed by atoms with E-state index in [1.165, 1.54) is 19.2 Å². The molecule has 0 radical (unpaired) electrons. The van der Waals surface area contributed by atoms with Crippen molar-refractivity contribution in [2.75, 3.05) is 25.5 Å². The van der Waals surface area contributed by atoms with Gasteiger partial charge in [-0.15, -0.1) is 0 Å². The molecule has 2 aromatic carbocycles. The number of benzene rings is 2. The molecule has 1 aliphatic rings. The quantitative estimate of drug-likeness (QED) is 0.391. The van der Waals surface area contributed by atoms with Crippen molar-refractivity contribution in [2.45, 2.75) is 24.6 Å². The molecule has 1 saturated heterocycles. The molecule has 0 spiro atoms. The molecule has 3 unspecified atom stereocenters. The minimum absolute atomic E-state index is 0.0637.